The number of aromatic nitrogens is 2. The maximum atomic E-state index is 10.6. The molecule has 0 unspecified atom stereocenters. The third-order valence-electron chi connectivity index (χ3n) is 2.02. The van der Waals surface area contributed by atoms with Crippen molar-refractivity contribution in [1.29, 1.82) is 0 Å². The van der Waals surface area contributed by atoms with Crippen molar-refractivity contribution in [2.75, 3.05) is 0 Å². The van der Waals surface area contributed by atoms with Crippen LogP contribution in [-0.2, 0) is 0 Å². The van der Waals surface area contributed by atoms with E-state index in [9.17, 15) is 4.79 Å². The summed E-state index contributed by atoms with van der Waals surface area (Å²) in [6, 6.07) is 4.89. The van der Waals surface area contributed by atoms with Crippen LogP contribution < -0.4 is 0 Å². The van der Waals surface area contributed by atoms with Gasteiger partial charge in [0.2, 0.25) is 11.6 Å². The molecule has 1 N–H and O–H groups in total. The van der Waals surface area contributed by atoms with E-state index in [-0.39, 0.29) is 5.76 Å². The Balaban J connectivity index is 2.45. The Kier molecular flexibility index (Phi) is 2.07. The van der Waals surface area contributed by atoms with Crippen molar-refractivity contribution in [3.63, 3.8) is 0 Å². The van der Waals surface area contributed by atoms with Gasteiger partial charge in [-0.3, -0.25) is 0 Å². The molecule has 2 rings (SSSR count). The quantitative estimate of drug-likeness (QED) is 0.813. The van der Waals surface area contributed by atoms with Crippen molar-refractivity contribution in [2.24, 2.45) is 0 Å². The SMILES string of the molecule is Cc1cc(C)n(-c2ccc(C(=O)O)o2)n1. The molecule has 78 valence electrons. The summed E-state index contributed by atoms with van der Waals surface area (Å²) < 4.78 is 6.70. The fourth-order valence-corrected chi connectivity index (χ4v) is 1.41. The van der Waals surface area contributed by atoms with E-state index < -0.39 is 5.97 Å². The smallest absolute Gasteiger partial charge is 0.371 e. The molecule has 0 atom stereocenters. The van der Waals surface area contributed by atoms with Gasteiger partial charge in [0.1, 0.15) is 0 Å². The Morgan fingerprint density at radius 3 is 2.67 bits per heavy atom. The summed E-state index contributed by atoms with van der Waals surface area (Å²) in [5.74, 6) is -0.752. The summed E-state index contributed by atoms with van der Waals surface area (Å²) in [6.07, 6.45) is 0. The first kappa shape index (κ1) is 9.51. The lowest BCUT2D eigenvalue weighted by molar-refractivity contribution is 0.0662. The molecule has 0 aromatic carbocycles. The zero-order valence-electron chi connectivity index (χ0n) is 8.39. The van der Waals surface area contributed by atoms with Crippen LogP contribution in [0.15, 0.2) is 22.6 Å². The van der Waals surface area contributed by atoms with Gasteiger partial charge in [-0.1, -0.05) is 0 Å². The van der Waals surface area contributed by atoms with Gasteiger partial charge in [0.25, 0.3) is 0 Å². The molecule has 0 aliphatic rings. The van der Waals surface area contributed by atoms with Crippen LogP contribution in [0.25, 0.3) is 5.88 Å². The second kappa shape index (κ2) is 3.27. The van der Waals surface area contributed by atoms with Gasteiger partial charge in [0.15, 0.2) is 0 Å². The van der Waals surface area contributed by atoms with Gasteiger partial charge < -0.3 is 9.52 Å². The molecule has 0 saturated heterocycles. The molecule has 5 nitrogen and oxygen atoms in total. The molecular formula is C10H10N2O3. The molecule has 2 heterocycles. The van der Waals surface area contributed by atoms with E-state index in [1.54, 1.807) is 10.7 Å². The van der Waals surface area contributed by atoms with Gasteiger partial charge in [-0.25, -0.2) is 9.48 Å². The van der Waals surface area contributed by atoms with E-state index in [0.717, 1.165) is 11.4 Å². The molecule has 0 radical (unpaired) electrons. The topological polar surface area (TPSA) is 68.3 Å². The first-order chi connectivity index (χ1) is 7.08. The fraction of sp³-hybridized carbons (Fsp3) is 0.200. The molecule has 0 aliphatic heterocycles. The predicted molar refractivity (Wildman–Crippen MR) is 52.3 cm³/mol. The minimum atomic E-state index is -1.08. The third-order valence-corrected chi connectivity index (χ3v) is 2.02. The lowest BCUT2D eigenvalue weighted by atomic mass is 10.4. The molecule has 2 aromatic rings. The van der Waals surface area contributed by atoms with Crippen molar-refractivity contribution in [2.45, 2.75) is 13.8 Å². The number of aromatic carboxylic acids is 1. The van der Waals surface area contributed by atoms with Crippen molar-refractivity contribution in [3.05, 3.63) is 35.3 Å². The van der Waals surface area contributed by atoms with Crippen molar-refractivity contribution >= 4 is 5.97 Å². The number of aryl methyl sites for hydroxylation is 2. The summed E-state index contributed by atoms with van der Waals surface area (Å²) in [7, 11) is 0. The lowest BCUT2D eigenvalue weighted by Crippen LogP contribution is -1.97. The average molecular weight is 206 g/mol. The van der Waals surface area contributed by atoms with Crippen LogP contribution >= 0.6 is 0 Å². The number of hydrogen-bond acceptors (Lipinski definition) is 3. The minimum absolute atomic E-state index is 0.0856. The minimum Gasteiger partial charge on any atom is -0.475 e. The van der Waals surface area contributed by atoms with Crippen LogP contribution in [-0.4, -0.2) is 20.9 Å². The normalized spacial score (nSPS) is 10.5. The maximum absolute atomic E-state index is 10.6. The Morgan fingerprint density at radius 1 is 1.47 bits per heavy atom. The number of carboxylic acid groups (broad SMARTS) is 1. The molecule has 0 fully saturated rings. The Labute approximate surface area is 85.9 Å². The number of hydrogen-bond donors (Lipinski definition) is 1. The summed E-state index contributed by atoms with van der Waals surface area (Å²) in [6.45, 7) is 3.74. The number of rotatable bonds is 2. The van der Waals surface area contributed by atoms with Crippen molar-refractivity contribution in [1.82, 2.24) is 9.78 Å². The van der Waals surface area contributed by atoms with Gasteiger partial charge in [0, 0.05) is 11.8 Å². The number of furan rings is 1. The molecule has 0 amide bonds. The van der Waals surface area contributed by atoms with Gasteiger partial charge in [-0.15, -0.1) is 0 Å². The molecule has 0 aliphatic carbocycles. The Hall–Kier alpha value is -2.04. The van der Waals surface area contributed by atoms with Crippen LogP contribution in [0.5, 0.6) is 0 Å². The van der Waals surface area contributed by atoms with Gasteiger partial charge in [-0.05, 0) is 26.0 Å². The van der Waals surface area contributed by atoms with Gasteiger partial charge >= 0.3 is 5.97 Å². The predicted octanol–water partition coefficient (Wildman–Crippen LogP) is 1.78. The zero-order chi connectivity index (χ0) is 11.0. The van der Waals surface area contributed by atoms with Gasteiger partial charge in [-0.2, -0.15) is 5.10 Å². The number of carbonyl (C=O) groups is 1. The van der Waals surface area contributed by atoms with E-state index in [1.807, 2.05) is 19.9 Å². The number of nitrogens with zero attached hydrogens (tertiary/aromatic N) is 2. The van der Waals surface area contributed by atoms with E-state index >= 15 is 0 Å². The molecule has 5 heteroatoms. The molecule has 0 spiro atoms. The van der Waals surface area contributed by atoms with Crippen LogP contribution in [0.4, 0.5) is 0 Å². The molecule has 15 heavy (non-hydrogen) atoms. The highest BCUT2D eigenvalue weighted by molar-refractivity contribution is 5.84. The van der Waals surface area contributed by atoms with E-state index in [0.29, 0.717) is 5.88 Å². The first-order valence-corrected chi connectivity index (χ1v) is 4.44. The second-order valence-corrected chi connectivity index (χ2v) is 3.28. The monoisotopic (exact) mass is 206 g/mol. The fourth-order valence-electron chi connectivity index (χ4n) is 1.41. The van der Waals surface area contributed by atoms with Crippen LogP contribution in [0.1, 0.15) is 21.9 Å². The highest BCUT2D eigenvalue weighted by atomic mass is 16.4. The standard InChI is InChI=1S/C10H10N2O3/c1-6-5-7(2)12(11-6)9-4-3-8(15-9)10(13)14/h3-5H,1-2H3,(H,13,14). The van der Waals surface area contributed by atoms with Gasteiger partial charge in [0.05, 0.1) is 5.69 Å². The average Bonchev–Trinajstić information content (AvgIpc) is 2.71. The van der Waals surface area contributed by atoms with Crippen molar-refractivity contribution < 1.29 is 14.3 Å². The van der Waals surface area contributed by atoms with E-state index in [4.69, 9.17) is 9.52 Å². The lowest BCUT2D eigenvalue weighted by Gasteiger charge is -1.97. The van der Waals surface area contributed by atoms with E-state index in [1.165, 1.54) is 6.07 Å². The summed E-state index contributed by atoms with van der Waals surface area (Å²) >= 11 is 0. The van der Waals surface area contributed by atoms with Crippen molar-refractivity contribution in [3.8, 4) is 5.88 Å². The number of carboxylic acids is 1. The Morgan fingerprint density at radius 2 is 2.20 bits per heavy atom. The Bertz CT molecular complexity index is 510. The second-order valence-electron chi connectivity index (χ2n) is 3.28. The summed E-state index contributed by atoms with van der Waals surface area (Å²) in [5, 5.41) is 12.9. The van der Waals surface area contributed by atoms with Crippen LogP contribution in [0.3, 0.4) is 0 Å². The zero-order valence-corrected chi connectivity index (χ0v) is 8.39. The van der Waals surface area contributed by atoms with Crippen LogP contribution in [0.2, 0.25) is 0 Å². The highest BCUT2D eigenvalue weighted by Gasteiger charge is 2.12. The largest absolute Gasteiger partial charge is 0.475 e. The molecule has 2 aromatic heterocycles. The molecule has 0 bridgehead atoms. The van der Waals surface area contributed by atoms with Crippen LogP contribution in [0, 0.1) is 13.8 Å². The third kappa shape index (κ3) is 1.63. The summed E-state index contributed by atoms with van der Waals surface area (Å²) in [4.78, 5) is 10.6. The van der Waals surface area contributed by atoms with E-state index in [2.05, 4.69) is 5.10 Å². The molecular weight excluding hydrogens is 196 g/mol. The summed E-state index contributed by atoms with van der Waals surface area (Å²) in [5.41, 5.74) is 1.76. The first-order valence-electron chi connectivity index (χ1n) is 4.44. The highest BCUT2D eigenvalue weighted by Crippen LogP contribution is 2.15. The maximum Gasteiger partial charge on any atom is 0.371 e. The molecule has 0 saturated carbocycles.